The third kappa shape index (κ3) is 1.84. The van der Waals surface area contributed by atoms with Gasteiger partial charge in [-0.1, -0.05) is 32.4 Å². The molecule has 0 aromatic heterocycles. The topological polar surface area (TPSA) is 20.2 Å². The van der Waals surface area contributed by atoms with E-state index >= 15 is 0 Å². The largest absolute Gasteiger partial charge is 0.389 e. The molecule has 2 aliphatic carbocycles. The molecule has 1 heteroatoms. The first-order valence-corrected chi connectivity index (χ1v) is 6.83. The molecule has 1 N–H and O–H groups in total. The lowest BCUT2D eigenvalue weighted by Crippen LogP contribution is -2.53. The maximum atomic E-state index is 11.1. The van der Waals surface area contributed by atoms with Crippen molar-refractivity contribution in [2.24, 2.45) is 23.7 Å². The molecule has 92 valence electrons. The molecule has 1 fully saturated rings. The van der Waals surface area contributed by atoms with Crippen molar-refractivity contribution in [2.75, 3.05) is 0 Å². The Kier molecular flexibility index (Phi) is 3.18. The molecule has 0 saturated heterocycles. The molecule has 4 unspecified atom stereocenters. The van der Waals surface area contributed by atoms with Crippen molar-refractivity contribution in [1.29, 1.82) is 0 Å². The Hall–Kier alpha value is -0.300. The van der Waals surface area contributed by atoms with Crippen LogP contribution in [-0.2, 0) is 0 Å². The third-order valence-electron chi connectivity index (χ3n) is 4.99. The van der Waals surface area contributed by atoms with E-state index in [9.17, 15) is 5.11 Å². The highest BCUT2D eigenvalue weighted by atomic mass is 16.3. The zero-order valence-electron chi connectivity index (χ0n) is 11.2. The summed E-state index contributed by atoms with van der Waals surface area (Å²) in [5, 5.41) is 11.1. The summed E-state index contributed by atoms with van der Waals surface area (Å²) in [6.07, 6.45) is 6.84. The van der Waals surface area contributed by atoms with E-state index in [-0.39, 0.29) is 0 Å². The van der Waals surface area contributed by atoms with Crippen LogP contribution in [0.15, 0.2) is 11.6 Å². The van der Waals surface area contributed by atoms with Crippen LogP contribution >= 0.6 is 0 Å². The summed E-state index contributed by atoms with van der Waals surface area (Å²) in [6, 6.07) is 0. The van der Waals surface area contributed by atoms with Crippen molar-refractivity contribution in [3.63, 3.8) is 0 Å². The average molecular weight is 222 g/mol. The van der Waals surface area contributed by atoms with E-state index in [1.54, 1.807) is 0 Å². The summed E-state index contributed by atoms with van der Waals surface area (Å²) in [5.74, 6) is 2.28. The van der Waals surface area contributed by atoms with Gasteiger partial charge in [0.1, 0.15) is 0 Å². The summed E-state index contributed by atoms with van der Waals surface area (Å²) >= 11 is 0. The van der Waals surface area contributed by atoms with Crippen molar-refractivity contribution in [3.8, 4) is 0 Å². The van der Waals surface area contributed by atoms with E-state index in [1.165, 1.54) is 18.4 Å². The molecule has 1 saturated carbocycles. The van der Waals surface area contributed by atoms with Crippen molar-refractivity contribution >= 4 is 0 Å². The molecule has 16 heavy (non-hydrogen) atoms. The van der Waals surface area contributed by atoms with Gasteiger partial charge in [0, 0.05) is 0 Å². The van der Waals surface area contributed by atoms with E-state index in [2.05, 4.69) is 33.8 Å². The second-order valence-electron chi connectivity index (χ2n) is 6.47. The Balaban J connectivity index is 2.31. The fourth-order valence-electron chi connectivity index (χ4n) is 4.12. The summed E-state index contributed by atoms with van der Waals surface area (Å²) < 4.78 is 0. The predicted octanol–water partition coefficient (Wildman–Crippen LogP) is 3.78. The Morgan fingerprint density at radius 2 is 2.06 bits per heavy atom. The molecule has 0 bridgehead atoms. The van der Waals surface area contributed by atoms with Gasteiger partial charge < -0.3 is 5.11 Å². The number of hydrogen-bond donors (Lipinski definition) is 1. The van der Waals surface area contributed by atoms with Crippen LogP contribution in [0.3, 0.4) is 0 Å². The number of aliphatic hydroxyl groups is 1. The lowest BCUT2D eigenvalue weighted by atomic mass is 9.56. The van der Waals surface area contributed by atoms with Crippen LogP contribution in [-0.4, -0.2) is 10.7 Å². The molecule has 2 rings (SSSR count). The number of fused-ring (bicyclic) bond motifs is 1. The predicted molar refractivity (Wildman–Crippen MR) is 68.2 cm³/mol. The Bertz CT molecular complexity index is 292. The molecule has 0 amide bonds. The first-order chi connectivity index (χ1) is 7.45. The van der Waals surface area contributed by atoms with E-state index in [0.717, 1.165) is 12.8 Å². The smallest absolute Gasteiger partial charge is 0.0748 e. The second kappa shape index (κ2) is 4.18. The Labute approximate surface area is 99.9 Å². The van der Waals surface area contributed by atoms with E-state index in [1.807, 2.05) is 0 Å². The van der Waals surface area contributed by atoms with Gasteiger partial charge in [-0.2, -0.15) is 0 Å². The van der Waals surface area contributed by atoms with Crippen LogP contribution in [0.4, 0.5) is 0 Å². The van der Waals surface area contributed by atoms with Crippen molar-refractivity contribution in [3.05, 3.63) is 11.6 Å². The van der Waals surface area contributed by atoms with Crippen LogP contribution in [0, 0.1) is 23.7 Å². The Morgan fingerprint density at radius 3 is 2.69 bits per heavy atom. The SMILES string of the molecule is CC1=CCC2C(C)CCC(C(C)C)C2(O)C1. The summed E-state index contributed by atoms with van der Waals surface area (Å²) in [5.41, 5.74) is 0.975. The van der Waals surface area contributed by atoms with Gasteiger partial charge in [-0.15, -0.1) is 0 Å². The Morgan fingerprint density at radius 1 is 1.38 bits per heavy atom. The second-order valence-corrected chi connectivity index (χ2v) is 6.47. The van der Waals surface area contributed by atoms with Crippen molar-refractivity contribution in [1.82, 2.24) is 0 Å². The number of allylic oxidation sites excluding steroid dienone is 1. The van der Waals surface area contributed by atoms with Crippen LogP contribution in [0.5, 0.6) is 0 Å². The fraction of sp³-hybridized carbons (Fsp3) is 0.867. The van der Waals surface area contributed by atoms with Gasteiger partial charge >= 0.3 is 0 Å². The summed E-state index contributed by atoms with van der Waals surface area (Å²) in [7, 11) is 0. The normalized spacial score (nSPS) is 44.1. The van der Waals surface area contributed by atoms with Gasteiger partial charge in [-0.25, -0.2) is 0 Å². The van der Waals surface area contributed by atoms with E-state index in [0.29, 0.717) is 23.7 Å². The van der Waals surface area contributed by atoms with E-state index < -0.39 is 5.60 Å². The average Bonchev–Trinajstić information content (AvgIpc) is 2.15. The van der Waals surface area contributed by atoms with Gasteiger partial charge in [0.2, 0.25) is 0 Å². The van der Waals surface area contributed by atoms with Gasteiger partial charge in [0.25, 0.3) is 0 Å². The molecule has 0 spiro atoms. The first-order valence-electron chi connectivity index (χ1n) is 6.83. The van der Waals surface area contributed by atoms with E-state index in [4.69, 9.17) is 0 Å². The summed E-state index contributed by atoms with van der Waals surface area (Å²) in [4.78, 5) is 0. The van der Waals surface area contributed by atoms with Crippen LogP contribution in [0.2, 0.25) is 0 Å². The molecular weight excluding hydrogens is 196 g/mol. The first kappa shape index (κ1) is 12.2. The molecule has 0 radical (unpaired) electrons. The quantitative estimate of drug-likeness (QED) is 0.669. The van der Waals surface area contributed by atoms with Gasteiger partial charge in [-0.05, 0) is 56.3 Å². The maximum Gasteiger partial charge on any atom is 0.0748 e. The van der Waals surface area contributed by atoms with Crippen LogP contribution in [0.1, 0.15) is 53.4 Å². The highest BCUT2D eigenvalue weighted by Gasteiger charge is 2.50. The monoisotopic (exact) mass is 222 g/mol. The molecule has 4 atom stereocenters. The summed E-state index contributed by atoms with van der Waals surface area (Å²) in [6.45, 7) is 9.03. The fourth-order valence-corrected chi connectivity index (χ4v) is 4.12. The lowest BCUT2D eigenvalue weighted by molar-refractivity contribution is -0.130. The molecule has 0 aromatic carbocycles. The zero-order chi connectivity index (χ0) is 11.9. The van der Waals surface area contributed by atoms with Crippen molar-refractivity contribution < 1.29 is 5.11 Å². The van der Waals surface area contributed by atoms with Gasteiger partial charge in [0.05, 0.1) is 5.60 Å². The van der Waals surface area contributed by atoms with Crippen LogP contribution < -0.4 is 0 Å². The molecule has 1 nitrogen and oxygen atoms in total. The molecule has 0 aliphatic heterocycles. The van der Waals surface area contributed by atoms with Crippen LogP contribution in [0.25, 0.3) is 0 Å². The molecule has 0 heterocycles. The highest BCUT2D eigenvalue weighted by Crippen LogP contribution is 2.51. The highest BCUT2D eigenvalue weighted by molar-refractivity contribution is 5.15. The number of rotatable bonds is 1. The molecule has 2 aliphatic rings. The van der Waals surface area contributed by atoms with Gasteiger partial charge in [0.15, 0.2) is 0 Å². The minimum atomic E-state index is -0.412. The third-order valence-corrected chi connectivity index (χ3v) is 4.99. The number of hydrogen-bond acceptors (Lipinski definition) is 1. The van der Waals surface area contributed by atoms with Gasteiger partial charge in [-0.3, -0.25) is 0 Å². The maximum absolute atomic E-state index is 11.1. The minimum absolute atomic E-state index is 0.412. The standard InChI is InChI=1S/C15H26O/c1-10(2)13-8-6-12(4)14-7-5-11(3)9-15(13,14)16/h5,10,12-14,16H,6-9H2,1-4H3. The lowest BCUT2D eigenvalue weighted by Gasteiger charge is -2.52. The van der Waals surface area contributed by atoms with Crippen molar-refractivity contribution in [2.45, 2.75) is 59.0 Å². The molecule has 0 aromatic rings. The molecular formula is C15H26O. The zero-order valence-corrected chi connectivity index (χ0v) is 11.2. The minimum Gasteiger partial charge on any atom is -0.389 e.